The summed E-state index contributed by atoms with van der Waals surface area (Å²) in [5, 5.41) is 15.7. The molecule has 6 nitrogen and oxygen atoms in total. The fourth-order valence-electron chi connectivity index (χ4n) is 0.882. The second-order valence-electron chi connectivity index (χ2n) is 2.39. The van der Waals surface area contributed by atoms with Gasteiger partial charge in [-0.1, -0.05) is 6.92 Å². The zero-order valence-electron chi connectivity index (χ0n) is 7.20. The molecular weight excluding hydrogens is 168 g/mol. The standard InChI is InChI=1S/C7H10N6/c1-2-5-11-3-6(12-5)13(4-8)7(9)10/h3H,2H2,1H3,(H3,9,10)(H,11,12). The van der Waals surface area contributed by atoms with Gasteiger partial charge in [-0.25, -0.2) is 4.98 Å². The number of H-pyrrole nitrogens is 1. The second-order valence-corrected chi connectivity index (χ2v) is 2.39. The van der Waals surface area contributed by atoms with Crippen molar-refractivity contribution in [2.45, 2.75) is 13.3 Å². The van der Waals surface area contributed by atoms with E-state index in [0.717, 1.165) is 17.1 Å². The number of imidazole rings is 1. The van der Waals surface area contributed by atoms with E-state index < -0.39 is 0 Å². The smallest absolute Gasteiger partial charge is 0.208 e. The van der Waals surface area contributed by atoms with E-state index in [0.29, 0.717) is 5.82 Å². The van der Waals surface area contributed by atoms with Crippen molar-refractivity contribution in [3.63, 3.8) is 0 Å². The minimum atomic E-state index is -0.325. The summed E-state index contributed by atoms with van der Waals surface area (Å²) < 4.78 is 0. The molecule has 0 aliphatic carbocycles. The first kappa shape index (κ1) is 9.06. The fraction of sp³-hybridized carbons (Fsp3) is 0.286. The molecule has 68 valence electrons. The zero-order chi connectivity index (χ0) is 9.84. The third kappa shape index (κ3) is 1.76. The van der Waals surface area contributed by atoms with Gasteiger partial charge in [-0.15, -0.1) is 0 Å². The van der Waals surface area contributed by atoms with Crippen molar-refractivity contribution in [3.05, 3.63) is 12.0 Å². The summed E-state index contributed by atoms with van der Waals surface area (Å²) in [6.07, 6.45) is 3.99. The predicted octanol–water partition coefficient (Wildman–Crippen LogP) is 0.153. The monoisotopic (exact) mass is 178 g/mol. The molecule has 4 N–H and O–H groups in total. The molecule has 0 bridgehead atoms. The van der Waals surface area contributed by atoms with Crippen molar-refractivity contribution >= 4 is 11.8 Å². The van der Waals surface area contributed by atoms with E-state index >= 15 is 0 Å². The predicted molar refractivity (Wildman–Crippen MR) is 48.0 cm³/mol. The van der Waals surface area contributed by atoms with Crippen LogP contribution in [0.2, 0.25) is 0 Å². The summed E-state index contributed by atoms with van der Waals surface area (Å²) in [7, 11) is 0. The van der Waals surface area contributed by atoms with Crippen LogP contribution < -0.4 is 10.6 Å². The lowest BCUT2D eigenvalue weighted by atomic mass is 10.5. The van der Waals surface area contributed by atoms with E-state index in [4.69, 9.17) is 16.4 Å². The van der Waals surface area contributed by atoms with Gasteiger partial charge in [0.25, 0.3) is 0 Å². The topological polar surface area (TPSA) is 106 Å². The molecule has 1 heterocycles. The van der Waals surface area contributed by atoms with Crippen molar-refractivity contribution in [1.29, 1.82) is 10.7 Å². The summed E-state index contributed by atoms with van der Waals surface area (Å²) in [6.45, 7) is 1.94. The molecular formula is C7H10N6. The quantitative estimate of drug-likeness (QED) is 0.259. The van der Waals surface area contributed by atoms with Crippen LogP contribution in [0, 0.1) is 16.9 Å². The van der Waals surface area contributed by atoms with Crippen LogP contribution in [-0.2, 0) is 6.42 Å². The van der Waals surface area contributed by atoms with Crippen molar-refractivity contribution in [3.8, 4) is 6.19 Å². The van der Waals surface area contributed by atoms with Gasteiger partial charge in [-0.05, 0) is 0 Å². The molecule has 0 saturated carbocycles. The summed E-state index contributed by atoms with van der Waals surface area (Å²) in [4.78, 5) is 7.82. The highest BCUT2D eigenvalue weighted by atomic mass is 15.3. The van der Waals surface area contributed by atoms with Gasteiger partial charge in [0.15, 0.2) is 6.19 Å². The van der Waals surface area contributed by atoms with Crippen LogP contribution in [0.15, 0.2) is 6.20 Å². The maximum atomic E-state index is 8.64. The van der Waals surface area contributed by atoms with Crippen LogP contribution in [0.1, 0.15) is 12.7 Å². The van der Waals surface area contributed by atoms with Gasteiger partial charge in [0, 0.05) is 6.42 Å². The number of anilines is 1. The molecule has 0 amide bonds. The molecule has 0 aliphatic rings. The molecule has 1 aromatic rings. The van der Waals surface area contributed by atoms with Gasteiger partial charge in [-0.2, -0.15) is 10.2 Å². The van der Waals surface area contributed by atoms with Gasteiger partial charge < -0.3 is 10.7 Å². The molecule has 0 spiro atoms. The molecule has 0 atom stereocenters. The Morgan fingerprint density at radius 1 is 1.92 bits per heavy atom. The molecule has 0 unspecified atom stereocenters. The maximum absolute atomic E-state index is 8.64. The lowest BCUT2D eigenvalue weighted by molar-refractivity contribution is 0.987. The third-order valence-electron chi connectivity index (χ3n) is 1.53. The molecule has 0 aliphatic heterocycles. The molecule has 0 saturated heterocycles. The van der Waals surface area contributed by atoms with E-state index in [1.54, 1.807) is 6.19 Å². The van der Waals surface area contributed by atoms with Gasteiger partial charge >= 0.3 is 0 Å². The Bertz CT molecular complexity index is 346. The van der Waals surface area contributed by atoms with Crippen molar-refractivity contribution in [1.82, 2.24) is 9.97 Å². The number of nitrogens with zero attached hydrogens (tertiary/aromatic N) is 3. The number of guanidine groups is 1. The SMILES string of the molecule is CCc1ncc(N(C#N)C(=N)N)[nH]1. The fourth-order valence-corrected chi connectivity index (χ4v) is 0.882. The Hall–Kier alpha value is -2.03. The number of hydrogen-bond acceptors (Lipinski definition) is 3. The molecule has 0 fully saturated rings. The van der Waals surface area contributed by atoms with Gasteiger partial charge in [0.1, 0.15) is 11.6 Å². The zero-order valence-corrected chi connectivity index (χ0v) is 7.20. The van der Waals surface area contributed by atoms with Crippen LogP contribution >= 0.6 is 0 Å². The van der Waals surface area contributed by atoms with Gasteiger partial charge in [0.2, 0.25) is 5.96 Å². The van der Waals surface area contributed by atoms with Gasteiger partial charge in [0.05, 0.1) is 6.20 Å². The van der Waals surface area contributed by atoms with Crippen molar-refractivity contribution in [2.24, 2.45) is 5.73 Å². The molecule has 0 aromatic carbocycles. The molecule has 1 rings (SSSR count). The maximum Gasteiger partial charge on any atom is 0.208 e. The Morgan fingerprint density at radius 3 is 3.00 bits per heavy atom. The third-order valence-corrected chi connectivity index (χ3v) is 1.53. The number of aromatic nitrogens is 2. The first-order valence-electron chi connectivity index (χ1n) is 3.76. The van der Waals surface area contributed by atoms with Crippen LogP contribution in [0.25, 0.3) is 0 Å². The van der Waals surface area contributed by atoms with E-state index in [-0.39, 0.29) is 5.96 Å². The lowest BCUT2D eigenvalue weighted by Crippen LogP contribution is -2.32. The Labute approximate surface area is 75.5 Å². The van der Waals surface area contributed by atoms with Crippen LogP contribution in [0.5, 0.6) is 0 Å². The molecule has 0 radical (unpaired) electrons. The molecule has 13 heavy (non-hydrogen) atoms. The highest BCUT2D eigenvalue weighted by molar-refractivity contribution is 5.93. The second kappa shape index (κ2) is 3.58. The number of aromatic amines is 1. The highest BCUT2D eigenvalue weighted by Gasteiger charge is 2.10. The normalized spacial score (nSPS) is 9.23. The minimum absolute atomic E-state index is 0.325. The largest absolute Gasteiger partial charge is 0.369 e. The van der Waals surface area contributed by atoms with E-state index in [1.807, 2.05) is 6.92 Å². The highest BCUT2D eigenvalue weighted by Crippen LogP contribution is 2.08. The first-order valence-corrected chi connectivity index (χ1v) is 3.76. The minimum Gasteiger partial charge on any atom is -0.369 e. The average molecular weight is 178 g/mol. The number of nitrogens with two attached hydrogens (primary N) is 1. The first-order chi connectivity index (χ1) is 6.19. The van der Waals surface area contributed by atoms with Crippen LogP contribution in [0.3, 0.4) is 0 Å². The lowest BCUT2D eigenvalue weighted by Gasteiger charge is -2.08. The Morgan fingerprint density at radius 2 is 2.62 bits per heavy atom. The van der Waals surface area contributed by atoms with Gasteiger partial charge in [-0.3, -0.25) is 5.41 Å². The number of hydrogen-bond donors (Lipinski definition) is 3. The van der Waals surface area contributed by atoms with E-state index in [1.165, 1.54) is 6.20 Å². The van der Waals surface area contributed by atoms with E-state index in [9.17, 15) is 0 Å². The van der Waals surface area contributed by atoms with Crippen LogP contribution in [0.4, 0.5) is 5.82 Å². The number of rotatable bonds is 2. The average Bonchev–Trinajstić information content (AvgIpc) is 2.53. The Kier molecular flexibility index (Phi) is 2.50. The summed E-state index contributed by atoms with van der Waals surface area (Å²) in [6, 6.07) is 0. The van der Waals surface area contributed by atoms with Crippen molar-refractivity contribution in [2.75, 3.05) is 4.90 Å². The van der Waals surface area contributed by atoms with Crippen LogP contribution in [-0.4, -0.2) is 15.9 Å². The number of aryl methyl sites for hydroxylation is 1. The number of nitriles is 1. The number of nitrogens with one attached hydrogen (secondary N) is 2. The molecule has 6 heteroatoms. The Balaban J connectivity index is 2.93. The summed E-state index contributed by atoms with van der Waals surface area (Å²) in [5.41, 5.74) is 5.17. The van der Waals surface area contributed by atoms with E-state index in [2.05, 4.69) is 9.97 Å². The molecule has 1 aromatic heterocycles. The summed E-state index contributed by atoms with van der Waals surface area (Å²) in [5.74, 6) is 0.858. The summed E-state index contributed by atoms with van der Waals surface area (Å²) >= 11 is 0. The van der Waals surface area contributed by atoms with Crippen molar-refractivity contribution < 1.29 is 0 Å².